The topological polar surface area (TPSA) is 75.4 Å². The van der Waals surface area contributed by atoms with Crippen LogP contribution >= 0.6 is 0 Å². The summed E-state index contributed by atoms with van der Waals surface area (Å²) in [6.07, 6.45) is 2.41. The molecule has 1 aromatic rings. The van der Waals surface area contributed by atoms with Gasteiger partial charge in [0.1, 0.15) is 0 Å². The molecule has 1 aromatic carbocycles. The zero-order valence-corrected chi connectivity index (χ0v) is 12.7. The van der Waals surface area contributed by atoms with E-state index >= 15 is 0 Å². The smallest absolute Gasteiger partial charge is 0.241 e. The van der Waals surface area contributed by atoms with E-state index in [-0.39, 0.29) is 17.5 Å². The average molecular weight is 297 g/mol. The Morgan fingerprint density at radius 3 is 2.60 bits per heavy atom. The van der Waals surface area contributed by atoms with Crippen LogP contribution in [0.2, 0.25) is 0 Å². The van der Waals surface area contributed by atoms with Gasteiger partial charge in [0.05, 0.1) is 4.90 Å². The number of hydrogen-bond donors (Lipinski definition) is 2. The van der Waals surface area contributed by atoms with Gasteiger partial charge in [-0.05, 0) is 44.5 Å². The lowest BCUT2D eigenvalue weighted by atomic mass is 10.2. The van der Waals surface area contributed by atoms with Crippen LogP contribution in [0.4, 0.5) is 0 Å². The number of benzene rings is 1. The molecule has 20 heavy (non-hydrogen) atoms. The van der Waals surface area contributed by atoms with Gasteiger partial charge in [0.15, 0.2) is 0 Å². The van der Waals surface area contributed by atoms with Crippen LogP contribution in [0.5, 0.6) is 0 Å². The van der Waals surface area contributed by atoms with Gasteiger partial charge in [-0.3, -0.25) is 0 Å². The number of likely N-dealkylation sites (tertiary alicyclic amines) is 1. The van der Waals surface area contributed by atoms with Gasteiger partial charge in [-0.2, -0.15) is 0 Å². The van der Waals surface area contributed by atoms with Crippen molar-refractivity contribution in [1.29, 1.82) is 0 Å². The van der Waals surface area contributed by atoms with Gasteiger partial charge in [0.25, 0.3) is 0 Å². The molecule has 1 atom stereocenters. The first-order chi connectivity index (χ1) is 9.53. The molecule has 0 radical (unpaired) electrons. The molecule has 1 aliphatic heterocycles. The van der Waals surface area contributed by atoms with E-state index in [2.05, 4.69) is 9.62 Å². The molecule has 0 amide bonds. The molecule has 1 aliphatic rings. The first-order valence-electron chi connectivity index (χ1n) is 7.05. The van der Waals surface area contributed by atoms with Gasteiger partial charge >= 0.3 is 0 Å². The number of hydrogen-bond acceptors (Lipinski definition) is 4. The summed E-state index contributed by atoms with van der Waals surface area (Å²) in [5.74, 6) is 0. The molecular formula is C14H23N3O2S. The Balaban J connectivity index is 2.06. The molecule has 1 heterocycles. The van der Waals surface area contributed by atoms with E-state index in [4.69, 9.17) is 5.73 Å². The molecule has 0 bridgehead atoms. The normalized spacial score (nSPS) is 18.3. The van der Waals surface area contributed by atoms with Gasteiger partial charge in [-0.25, -0.2) is 13.1 Å². The van der Waals surface area contributed by atoms with Gasteiger partial charge in [0, 0.05) is 19.1 Å². The number of nitrogens with two attached hydrogens (primary N) is 1. The second-order valence-corrected chi connectivity index (χ2v) is 7.02. The minimum Gasteiger partial charge on any atom is -0.326 e. The molecule has 1 saturated heterocycles. The first kappa shape index (κ1) is 15.4. The summed E-state index contributed by atoms with van der Waals surface area (Å²) in [6.45, 7) is 5.00. The fraction of sp³-hybridized carbons (Fsp3) is 0.571. The van der Waals surface area contributed by atoms with Crippen molar-refractivity contribution in [2.75, 3.05) is 19.6 Å². The van der Waals surface area contributed by atoms with Crippen LogP contribution in [0.1, 0.15) is 25.3 Å². The van der Waals surface area contributed by atoms with Crippen molar-refractivity contribution in [3.8, 4) is 0 Å². The predicted molar refractivity (Wildman–Crippen MR) is 79.8 cm³/mol. The second kappa shape index (κ2) is 6.67. The number of nitrogens with zero attached hydrogens (tertiary/aromatic N) is 1. The van der Waals surface area contributed by atoms with Crippen molar-refractivity contribution in [3.05, 3.63) is 29.8 Å². The lowest BCUT2D eigenvalue weighted by Gasteiger charge is -2.21. The van der Waals surface area contributed by atoms with Crippen LogP contribution in [0.3, 0.4) is 0 Å². The summed E-state index contributed by atoms with van der Waals surface area (Å²) in [5.41, 5.74) is 6.26. The van der Waals surface area contributed by atoms with Crippen molar-refractivity contribution >= 4 is 10.0 Å². The zero-order chi connectivity index (χ0) is 14.6. The maximum Gasteiger partial charge on any atom is 0.241 e. The Kier molecular flexibility index (Phi) is 5.15. The van der Waals surface area contributed by atoms with Gasteiger partial charge in [-0.1, -0.05) is 18.2 Å². The third-order valence-corrected chi connectivity index (χ3v) is 5.26. The van der Waals surface area contributed by atoms with Crippen molar-refractivity contribution in [2.24, 2.45) is 5.73 Å². The van der Waals surface area contributed by atoms with Crippen LogP contribution in [0.15, 0.2) is 29.2 Å². The van der Waals surface area contributed by atoms with E-state index in [0.29, 0.717) is 5.56 Å². The van der Waals surface area contributed by atoms with Crippen molar-refractivity contribution in [2.45, 2.75) is 37.2 Å². The molecule has 1 unspecified atom stereocenters. The lowest BCUT2D eigenvalue weighted by molar-refractivity contribution is 0.312. The highest BCUT2D eigenvalue weighted by molar-refractivity contribution is 7.89. The summed E-state index contributed by atoms with van der Waals surface area (Å²) in [4.78, 5) is 2.58. The van der Waals surface area contributed by atoms with E-state index in [1.165, 1.54) is 12.8 Å². The third-order valence-electron chi connectivity index (χ3n) is 3.57. The van der Waals surface area contributed by atoms with Crippen LogP contribution in [-0.2, 0) is 16.6 Å². The van der Waals surface area contributed by atoms with Gasteiger partial charge < -0.3 is 10.6 Å². The van der Waals surface area contributed by atoms with E-state index in [0.717, 1.165) is 19.6 Å². The van der Waals surface area contributed by atoms with E-state index < -0.39 is 10.0 Å². The minimum absolute atomic E-state index is 0.107. The summed E-state index contributed by atoms with van der Waals surface area (Å²) in [7, 11) is -3.50. The van der Waals surface area contributed by atoms with Gasteiger partial charge in [-0.15, -0.1) is 0 Å². The molecule has 6 heteroatoms. The maximum absolute atomic E-state index is 12.4. The van der Waals surface area contributed by atoms with Gasteiger partial charge in [0.2, 0.25) is 10.0 Å². The van der Waals surface area contributed by atoms with E-state index in [1.807, 2.05) is 6.92 Å². The maximum atomic E-state index is 12.4. The average Bonchev–Trinajstić information content (AvgIpc) is 2.90. The zero-order valence-electron chi connectivity index (χ0n) is 11.9. The number of sulfonamides is 1. The molecule has 1 fully saturated rings. The quantitative estimate of drug-likeness (QED) is 0.818. The molecule has 0 spiro atoms. The standard InChI is InChI=1S/C14H23N3O2S/c1-12(11-17-8-4-5-9-17)16-20(18,19)14-7-3-2-6-13(14)10-15/h2-3,6-7,12,16H,4-5,8-11,15H2,1H3. The molecule has 0 saturated carbocycles. The lowest BCUT2D eigenvalue weighted by Crippen LogP contribution is -2.41. The van der Waals surface area contributed by atoms with Crippen LogP contribution in [0, 0.1) is 0 Å². The molecule has 0 aliphatic carbocycles. The van der Waals surface area contributed by atoms with Crippen molar-refractivity contribution < 1.29 is 8.42 Å². The molecular weight excluding hydrogens is 274 g/mol. The Morgan fingerprint density at radius 1 is 1.30 bits per heavy atom. The van der Waals surface area contributed by atoms with Crippen molar-refractivity contribution in [3.63, 3.8) is 0 Å². The second-order valence-electron chi connectivity index (χ2n) is 5.34. The number of nitrogens with one attached hydrogen (secondary N) is 1. The SMILES string of the molecule is CC(CN1CCCC1)NS(=O)(=O)c1ccccc1CN. The summed E-state index contributed by atoms with van der Waals surface area (Å²) in [6, 6.07) is 6.77. The van der Waals surface area contributed by atoms with Crippen LogP contribution in [0.25, 0.3) is 0 Å². The highest BCUT2D eigenvalue weighted by Gasteiger charge is 2.22. The molecule has 5 nitrogen and oxygen atoms in total. The largest absolute Gasteiger partial charge is 0.326 e. The minimum atomic E-state index is -3.50. The van der Waals surface area contributed by atoms with Crippen molar-refractivity contribution in [1.82, 2.24) is 9.62 Å². The number of rotatable bonds is 6. The summed E-state index contributed by atoms with van der Waals surface area (Å²) < 4.78 is 27.6. The molecule has 112 valence electrons. The van der Waals surface area contributed by atoms with Crippen LogP contribution < -0.4 is 10.5 Å². The molecule has 2 rings (SSSR count). The Morgan fingerprint density at radius 2 is 1.95 bits per heavy atom. The Hall–Kier alpha value is -0.950. The highest BCUT2D eigenvalue weighted by atomic mass is 32.2. The van der Waals surface area contributed by atoms with Crippen LogP contribution in [-0.4, -0.2) is 39.0 Å². The Labute approximate surface area is 121 Å². The fourth-order valence-corrected chi connectivity index (χ4v) is 4.14. The monoisotopic (exact) mass is 297 g/mol. The third kappa shape index (κ3) is 3.79. The highest BCUT2D eigenvalue weighted by Crippen LogP contribution is 2.15. The summed E-state index contributed by atoms with van der Waals surface area (Å²) in [5, 5.41) is 0. The predicted octanol–water partition coefficient (Wildman–Crippen LogP) is 0.908. The van der Waals surface area contributed by atoms with E-state index in [9.17, 15) is 8.42 Å². The first-order valence-corrected chi connectivity index (χ1v) is 8.54. The molecule has 3 N–H and O–H groups in total. The Bertz CT molecular complexity index is 539. The fourth-order valence-electron chi connectivity index (χ4n) is 2.65. The molecule has 0 aromatic heterocycles. The summed E-state index contributed by atoms with van der Waals surface area (Å²) >= 11 is 0. The van der Waals surface area contributed by atoms with E-state index in [1.54, 1.807) is 24.3 Å².